The molecule has 0 N–H and O–H groups in total. The molecule has 0 amide bonds. The zero-order valence-electron chi connectivity index (χ0n) is 14.1. The predicted octanol–water partition coefficient (Wildman–Crippen LogP) is 2.89. The molecule has 1 rings (SSSR count). The number of hydrogen-bond donors (Lipinski definition) is 0. The molecule has 1 aromatic carbocycles. The highest BCUT2D eigenvalue weighted by atomic mass is 16.5. The Morgan fingerprint density at radius 1 is 1.14 bits per heavy atom. The van der Waals surface area contributed by atoms with Gasteiger partial charge in [-0.1, -0.05) is 38.1 Å². The first-order chi connectivity index (χ1) is 9.81. The molecule has 118 valence electrons. The summed E-state index contributed by atoms with van der Waals surface area (Å²) in [5.74, 6) is 0.488. The van der Waals surface area contributed by atoms with Gasteiger partial charge in [0.15, 0.2) is 0 Å². The van der Waals surface area contributed by atoms with Crippen LogP contribution in [0.25, 0.3) is 0 Å². The summed E-state index contributed by atoms with van der Waals surface area (Å²) in [5, 5.41) is 0. The number of aldehydes is 1. The van der Waals surface area contributed by atoms with Crippen molar-refractivity contribution in [2.75, 3.05) is 40.9 Å². The topological polar surface area (TPSA) is 26.3 Å². The smallest absolute Gasteiger partial charge is 0.129 e. The van der Waals surface area contributed by atoms with E-state index in [4.69, 9.17) is 4.74 Å². The van der Waals surface area contributed by atoms with Crippen LogP contribution >= 0.6 is 0 Å². The molecule has 0 fully saturated rings. The largest absolute Gasteiger partial charge is 0.375 e. The van der Waals surface area contributed by atoms with Crippen LogP contribution < -0.4 is 0 Å². The summed E-state index contributed by atoms with van der Waals surface area (Å²) in [5.41, 5.74) is 2.37. The highest BCUT2D eigenvalue weighted by Crippen LogP contribution is 2.17. The second kappa shape index (κ2) is 8.30. The lowest BCUT2D eigenvalue weighted by Crippen LogP contribution is -2.37. The zero-order chi connectivity index (χ0) is 15.9. The highest BCUT2D eigenvalue weighted by molar-refractivity contribution is 5.62. The van der Waals surface area contributed by atoms with Crippen LogP contribution in [0.3, 0.4) is 0 Å². The van der Waals surface area contributed by atoms with Crippen LogP contribution in [0, 0.1) is 5.92 Å². The van der Waals surface area contributed by atoms with E-state index in [1.54, 1.807) is 0 Å². The molecule has 0 saturated heterocycles. The van der Waals surface area contributed by atoms with Crippen LogP contribution in [0.5, 0.6) is 0 Å². The van der Waals surface area contributed by atoms with Gasteiger partial charge in [0.05, 0.1) is 40.3 Å². The molecule has 0 aliphatic carbocycles. The fourth-order valence-electron chi connectivity index (χ4n) is 2.14. The third-order valence-electron chi connectivity index (χ3n) is 3.42. The van der Waals surface area contributed by atoms with Crippen molar-refractivity contribution in [2.45, 2.75) is 26.2 Å². The van der Waals surface area contributed by atoms with Crippen LogP contribution in [0.2, 0.25) is 0 Å². The third-order valence-corrected chi connectivity index (χ3v) is 3.42. The van der Waals surface area contributed by atoms with E-state index in [9.17, 15) is 4.79 Å². The van der Waals surface area contributed by atoms with Crippen molar-refractivity contribution < 1.29 is 14.0 Å². The highest BCUT2D eigenvalue weighted by Gasteiger charge is 2.12. The molecule has 0 spiro atoms. The third kappa shape index (κ3) is 7.39. The van der Waals surface area contributed by atoms with Crippen molar-refractivity contribution >= 4 is 6.29 Å². The lowest BCUT2D eigenvalue weighted by Gasteiger charge is -2.23. The molecule has 0 radical (unpaired) electrons. The van der Waals surface area contributed by atoms with Crippen LogP contribution in [0.4, 0.5) is 0 Å². The van der Waals surface area contributed by atoms with Gasteiger partial charge in [-0.05, 0) is 23.5 Å². The Morgan fingerprint density at radius 2 is 1.76 bits per heavy atom. The number of rotatable bonds is 9. The van der Waals surface area contributed by atoms with E-state index in [2.05, 4.69) is 59.3 Å². The van der Waals surface area contributed by atoms with Gasteiger partial charge in [0.1, 0.15) is 12.8 Å². The average Bonchev–Trinajstić information content (AvgIpc) is 2.38. The lowest BCUT2D eigenvalue weighted by molar-refractivity contribution is -0.870. The standard InChI is InChI=1S/C18H30NO2/c1-15(2)12-16-6-8-17(9-7-16)18(13-20)14-21-11-10-19(3,4)5/h6-9,13,15,18H,10-12,14H2,1-5H3/q+1. The van der Waals surface area contributed by atoms with Crippen molar-refractivity contribution in [2.24, 2.45) is 5.92 Å². The van der Waals surface area contributed by atoms with Crippen molar-refractivity contribution in [3.8, 4) is 0 Å². The van der Waals surface area contributed by atoms with E-state index in [0.29, 0.717) is 19.1 Å². The van der Waals surface area contributed by atoms with Gasteiger partial charge in [-0.3, -0.25) is 0 Å². The quantitative estimate of drug-likeness (QED) is 0.397. The van der Waals surface area contributed by atoms with Gasteiger partial charge < -0.3 is 14.0 Å². The van der Waals surface area contributed by atoms with Gasteiger partial charge in [-0.2, -0.15) is 0 Å². The van der Waals surface area contributed by atoms with Gasteiger partial charge >= 0.3 is 0 Å². The van der Waals surface area contributed by atoms with Crippen LogP contribution in [-0.4, -0.2) is 51.7 Å². The Balaban J connectivity index is 2.50. The maximum Gasteiger partial charge on any atom is 0.129 e. The van der Waals surface area contributed by atoms with Crippen LogP contribution in [0.15, 0.2) is 24.3 Å². The monoisotopic (exact) mass is 292 g/mol. The summed E-state index contributed by atoms with van der Waals surface area (Å²) in [7, 11) is 6.40. The van der Waals surface area contributed by atoms with E-state index in [-0.39, 0.29) is 5.92 Å². The van der Waals surface area contributed by atoms with Crippen molar-refractivity contribution in [1.82, 2.24) is 0 Å². The second-order valence-electron chi connectivity index (χ2n) is 7.17. The van der Waals surface area contributed by atoms with Gasteiger partial charge in [0.25, 0.3) is 0 Å². The summed E-state index contributed by atoms with van der Waals surface area (Å²) in [6, 6.07) is 8.36. The number of nitrogens with zero attached hydrogens (tertiary/aromatic N) is 1. The minimum atomic E-state index is -0.162. The van der Waals surface area contributed by atoms with E-state index >= 15 is 0 Å². The maximum absolute atomic E-state index is 11.3. The predicted molar refractivity (Wildman–Crippen MR) is 87.5 cm³/mol. The first-order valence-corrected chi connectivity index (χ1v) is 7.74. The minimum absolute atomic E-state index is 0.162. The Labute approximate surface area is 129 Å². The molecule has 0 aliphatic rings. The minimum Gasteiger partial charge on any atom is -0.375 e. The van der Waals surface area contributed by atoms with Gasteiger partial charge in [0.2, 0.25) is 0 Å². The fourth-order valence-corrected chi connectivity index (χ4v) is 2.14. The lowest BCUT2D eigenvalue weighted by atomic mass is 9.97. The van der Waals surface area contributed by atoms with Gasteiger partial charge in [0, 0.05) is 0 Å². The molecule has 0 heterocycles. The number of carbonyl (C=O) groups excluding carboxylic acids is 1. The molecule has 0 saturated carbocycles. The Hall–Kier alpha value is -1.19. The van der Waals surface area contributed by atoms with Crippen molar-refractivity contribution in [1.29, 1.82) is 0 Å². The van der Waals surface area contributed by atoms with E-state index in [1.807, 2.05) is 0 Å². The first-order valence-electron chi connectivity index (χ1n) is 7.74. The second-order valence-corrected chi connectivity index (χ2v) is 7.17. The SMILES string of the molecule is CC(C)Cc1ccc(C(C=O)COCC[N+](C)(C)C)cc1. The molecule has 0 aliphatic heterocycles. The summed E-state index contributed by atoms with van der Waals surface area (Å²) in [6.07, 6.45) is 2.06. The summed E-state index contributed by atoms with van der Waals surface area (Å²) in [6.45, 7) is 6.51. The zero-order valence-corrected chi connectivity index (χ0v) is 14.1. The molecule has 1 unspecified atom stereocenters. The molecule has 1 aromatic rings. The van der Waals surface area contributed by atoms with Crippen molar-refractivity contribution in [3.63, 3.8) is 0 Å². The van der Waals surface area contributed by atoms with E-state index < -0.39 is 0 Å². The summed E-state index contributed by atoms with van der Waals surface area (Å²) >= 11 is 0. The fraction of sp³-hybridized carbons (Fsp3) is 0.611. The molecule has 0 bridgehead atoms. The van der Waals surface area contributed by atoms with Crippen LogP contribution in [0.1, 0.15) is 30.9 Å². The normalized spacial score (nSPS) is 13.4. The number of likely N-dealkylation sites (N-methyl/N-ethyl adjacent to an activating group) is 1. The number of hydrogen-bond acceptors (Lipinski definition) is 2. The Morgan fingerprint density at radius 3 is 2.24 bits per heavy atom. The number of carbonyl (C=O) groups is 1. The molecular formula is C18H30NO2+. The number of ether oxygens (including phenoxy) is 1. The van der Waals surface area contributed by atoms with E-state index in [1.165, 1.54) is 5.56 Å². The Bertz CT molecular complexity index is 418. The first kappa shape index (κ1) is 17.9. The van der Waals surface area contributed by atoms with Gasteiger partial charge in [-0.25, -0.2) is 0 Å². The van der Waals surface area contributed by atoms with Crippen LogP contribution in [-0.2, 0) is 16.0 Å². The molecule has 3 nitrogen and oxygen atoms in total. The molecular weight excluding hydrogens is 262 g/mol. The Kier molecular flexibility index (Phi) is 7.06. The molecule has 3 heteroatoms. The molecule has 21 heavy (non-hydrogen) atoms. The van der Waals surface area contributed by atoms with E-state index in [0.717, 1.165) is 29.3 Å². The average molecular weight is 292 g/mol. The summed E-state index contributed by atoms with van der Waals surface area (Å²) in [4.78, 5) is 11.3. The number of quaternary nitrogens is 1. The maximum atomic E-state index is 11.3. The number of benzene rings is 1. The molecule has 0 aromatic heterocycles. The van der Waals surface area contributed by atoms with Gasteiger partial charge in [-0.15, -0.1) is 0 Å². The molecule has 1 atom stereocenters. The summed E-state index contributed by atoms with van der Waals surface area (Å²) < 4.78 is 6.54. The van der Waals surface area contributed by atoms with Crippen molar-refractivity contribution in [3.05, 3.63) is 35.4 Å².